The molecule has 0 aliphatic carbocycles. The lowest BCUT2D eigenvalue weighted by Crippen LogP contribution is -2.56. The number of rotatable bonds is 6. The summed E-state index contributed by atoms with van der Waals surface area (Å²) < 4.78 is 0. The van der Waals surface area contributed by atoms with Gasteiger partial charge in [0.1, 0.15) is 6.04 Å². The largest absolute Gasteiger partial charge is 0.344 e. The quantitative estimate of drug-likeness (QED) is 0.832. The van der Waals surface area contributed by atoms with E-state index in [1.807, 2.05) is 42.2 Å². The third kappa shape index (κ3) is 5.36. The molecule has 0 bridgehead atoms. The summed E-state index contributed by atoms with van der Waals surface area (Å²) in [4.78, 5) is 26.8. The first-order chi connectivity index (χ1) is 11.1. The lowest BCUT2D eigenvalue weighted by Gasteiger charge is -2.34. The van der Waals surface area contributed by atoms with E-state index in [0.717, 1.165) is 18.5 Å². The minimum atomic E-state index is -0.415. The molecule has 23 heavy (non-hydrogen) atoms. The molecule has 2 rings (SSSR count). The van der Waals surface area contributed by atoms with E-state index in [4.69, 9.17) is 0 Å². The van der Waals surface area contributed by atoms with Crippen molar-refractivity contribution >= 4 is 11.8 Å². The van der Waals surface area contributed by atoms with Gasteiger partial charge >= 0.3 is 0 Å². The Morgan fingerprint density at radius 3 is 2.74 bits per heavy atom. The van der Waals surface area contributed by atoms with Crippen molar-refractivity contribution in [2.75, 3.05) is 19.6 Å². The van der Waals surface area contributed by atoms with Crippen molar-refractivity contribution in [3.05, 3.63) is 35.9 Å². The standard InChI is InChI=1S/C18H27N3O2/c1-3-7-16(18(23)21-11-10-19-14(2)13-21)20-17(22)12-15-8-5-4-6-9-15/h4-6,8-9,14,16,19H,3,7,10-13H2,1-2H3,(H,20,22). The van der Waals surface area contributed by atoms with E-state index in [9.17, 15) is 9.59 Å². The van der Waals surface area contributed by atoms with E-state index in [1.54, 1.807) is 0 Å². The minimum Gasteiger partial charge on any atom is -0.344 e. The van der Waals surface area contributed by atoms with Crippen molar-refractivity contribution in [2.45, 2.75) is 45.2 Å². The number of benzene rings is 1. The van der Waals surface area contributed by atoms with Crippen molar-refractivity contribution in [3.63, 3.8) is 0 Å². The molecule has 0 aromatic heterocycles. The molecule has 1 aromatic rings. The Labute approximate surface area is 138 Å². The number of amides is 2. The van der Waals surface area contributed by atoms with Crippen LogP contribution >= 0.6 is 0 Å². The van der Waals surface area contributed by atoms with Gasteiger partial charge < -0.3 is 15.5 Å². The van der Waals surface area contributed by atoms with Crippen molar-refractivity contribution in [2.24, 2.45) is 0 Å². The highest BCUT2D eigenvalue weighted by Gasteiger charge is 2.27. The van der Waals surface area contributed by atoms with Crippen LogP contribution in [0.1, 0.15) is 32.3 Å². The zero-order valence-corrected chi connectivity index (χ0v) is 14.0. The van der Waals surface area contributed by atoms with Gasteiger partial charge in [0.15, 0.2) is 0 Å². The van der Waals surface area contributed by atoms with E-state index >= 15 is 0 Å². The molecule has 1 aliphatic heterocycles. The second-order valence-electron chi connectivity index (χ2n) is 6.21. The maximum Gasteiger partial charge on any atom is 0.245 e. The van der Waals surface area contributed by atoms with E-state index < -0.39 is 6.04 Å². The number of nitrogens with zero attached hydrogens (tertiary/aromatic N) is 1. The van der Waals surface area contributed by atoms with Crippen LogP contribution in [-0.2, 0) is 16.0 Å². The molecule has 1 fully saturated rings. The molecule has 0 spiro atoms. The molecule has 2 N–H and O–H groups in total. The monoisotopic (exact) mass is 317 g/mol. The summed E-state index contributed by atoms with van der Waals surface area (Å²) in [5, 5.41) is 6.26. The first-order valence-electron chi connectivity index (χ1n) is 8.45. The SMILES string of the molecule is CCCC(NC(=O)Cc1ccccc1)C(=O)N1CCNC(C)C1. The lowest BCUT2D eigenvalue weighted by molar-refractivity contribution is -0.137. The molecule has 2 unspecified atom stereocenters. The molecule has 0 radical (unpaired) electrons. The molecule has 1 saturated heterocycles. The van der Waals surface area contributed by atoms with Crippen molar-refractivity contribution < 1.29 is 9.59 Å². The number of carbonyl (C=O) groups is 2. The highest BCUT2D eigenvalue weighted by Crippen LogP contribution is 2.07. The van der Waals surface area contributed by atoms with Gasteiger partial charge in [0, 0.05) is 25.7 Å². The van der Waals surface area contributed by atoms with Gasteiger partial charge in [-0.1, -0.05) is 43.7 Å². The summed E-state index contributed by atoms with van der Waals surface area (Å²) in [7, 11) is 0. The Morgan fingerprint density at radius 2 is 2.09 bits per heavy atom. The zero-order chi connectivity index (χ0) is 16.7. The summed E-state index contributed by atoms with van der Waals surface area (Å²) in [6, 6.07) is 9.49. The number of hydrogen-bond acceptors (Lipinski definition) is 3. The smallest absolute Gasteiger partial charge is 0.245 e. The van der Waals surface area contributed by atoms with E-state index in [1.165, 1.54) is 0 Å². The maximum absolute atomic E-state index is 12.7. The van der Waals surface area contributed by atoms with Gasteiger partial charge in [-0.15, -0.1) is 0 Å². The molecule has 2 amide bonds. The van der Waals surface area contributed by atoms with Crippen LogP contribution in [0.3, 0.4) is 0 Å². The fourth-order valence-electron chi connectivity index (χ4n) is 2.93. The highest BCUT2D eigenvalue weighted by atomic mass is 16.2. The van der Waals surface area contributed by atoms with Crippen LogP contribution in [0.15, 0.2) is 30.3 Å². The van der Waals surface area contributed by atoms with Crippen molar-refractivity contribution in [1.29, 1.82) is 0 Å². The molecule has 1 aromatic carbocycles. The molecular formula is C18H27N3O2. The van der Waals surface area contributed by atoms with Gasteiger partial charge in [0.25, 0.3) is 0 Å². The first kappa shape index (κ1) is 17.5. The van der Waals surface area contributed by atoms with Gasteiger partial charge in [-0.2, -0.15) is 0 Å². The van der Waals surface area contributed by atoms with Crippen LogP contribution in [0.25, 0.3) is 0 Å². The van der Waals surface area contributed by atoms with Gasteiger partial charge in [-0.25, -0.2) is 0 Å². The van der Waals surface area contributed by atoms with E-state index in [-0.39, 0.29) is 11.8 Å². The van der Waals surface area contributed by atoms with Gasteiger partial charge in [-0.3, -0.25) is 9.59 Å². The average Bonchev–Trinajstić information content (AvgIpc) is 2.54. The second-order valence-corrected chi connectivity index (χ2v) is 6.21. The average molecular weight is 317 g/mol. The fourth-order valence-corrected chi connectivity index (χ4v) is 2.93. The predicted octanol–water partition coefficient (Wildman–Crippen LogP) is 1.33. The Kier molecular flexibility index (Phi) is 6.59. The number of carbonyl (C=O) groups excluding carboxylic acids is 2. The number of piperazine rings is 1. The third-order valence-electron chi connectivity index (χ3n) is 4.10. The van der Waals surface area contributed by atoms with Gasteiger partial charge in [-0.05, 0) is 18.9 Å². The van der Waals surface area contributed by atoms with Crippen LogP contribution < -0.4 is 10.6 Å². The van der Waals surface area contributed by atoms with Gasteiger partial charge in [0.05, 0.1) is 6.42 Å². The Balaban J connectivity index is 1.94. The van der Waals surface area contributed by atoms with Gasteiger partial charge in [0.2, 0.25) is 11.8 Å². The van der Waals surface area contributed by atoms with Crippen LogP contribution in [0.2, 0.25) is 0 Å². The Hall–Kier alpha value is -1.88. The highest BCUT2D eigenvalue weighted by molar-refractivity contribution is 5.88. The molecule has 126 valence electrons. The molecule has 5 nitrogen and oxygen atoms in total. The van der Waals surface area contributed by atoms with Crippen LogP contribution in [0, 0.1) is 0 Å². The fraction of sp³-hybridized carbons (Fsp3) is 0.556. The molecule has 2 atom stereocenters. The van der Waals surface area contributed by atoms with Crippen molar-refractivity contribution in [1.82, 2.24) is 15.5 Å². The summed E-state index contributed by atoms with van der Waals surface area (Å²) in [5.74, 6) is -0.0483. The summed E-state index contributed by atoms with van der Waals surface area (Å²) in [5.41, 5.74) is 0.962. The molecule has 0 saturated carbocycles. The number of hydrogen-bond donors (Lipinski definition) is 2. The molecular weight excluding hydrogens is 290 g/mol. The van der Waals surface area contributed by atoms with Crippen LogP contribution in [0.4, 0.5) is 0 Å². The summed E-state index contributed by atoms with van der Waals surface area (Å²) in [6.45, 7) is 6.32. The Bertz CT molecular complexity index is 518. The zero-order valence-electron chi connectivity index (χ0n) is 14.0. The van der Waals surface area contributed by atoms with E-state index in [0.29, 0.717) is 32.0 Å². The summed E-state index contributed by atoms with van der Waals surface area (Å²) >= 11 is 0. The maximum atomic E-state index is 12.7. The third-order valence-corrected chi connectivity index (χ3v) is 4.10. The lowest BCUT2D eigenvalue weighted by atomic mass is 10.1. The number of nitrogens with one attached hydrogen (secondary N) is 2. The molecule has 1 heterocycles. The minimum absolute atomic E-state index is 0.0432. The molecule has 1 aliphatic rings. The molecule has 5 heteroatoms. The van der Waals surface area contributed by atoms with Crippen LogP contribution in [0.5, 0.6) is 0 Å². The second kappa shape index (κ2) is 8.67. The van der Waals surface area contributed by atoms with Crippen LogP contribution in [-0.4, -0.2) is 48.4 Å². The summed E-state index contributed by atoms with van der Waals surface area (Å²) in [6.07, 6.45) is 1.85. The predicted molar refractivity (Wildman–Crippen MR) is 91.0 cm³/mol. The van der Waals surface area contributed by atoms with Crippen molar-refractivity contribution in [3.8, 4) is 0 Å². The topological polar surface area (TPSA) is 61.4 Å². The normalized spacial score (nSPS) is 19.2. The Morgan fingerprint density at radius 1 is 1.35 bits per heavy atom. The first-order valence-corrected chi connectivity index (χ1v) is 8.45. The van der Waals surface area contributed by atoms with E-state index in [2.05, 4.69) is 17.6 Å².